The van der Waals surface area contributed by atoms with Gasteiger partial charge in [-0.05, 0) is 82.4 Å². The molecule has 2 heterocycles. The third-order valence-electron chi connectivity index (χ3n) is 9.88. The SMILES string of the molecule is CCN(c1cc(S(=O)(=O)CC)cc(C(=O)NCC2(C3CCCCC3)C(=O)NC(C)CC2C)c1C)C1CCOCC1. The summed E-state index contributed by atoms with van der Waals surface area (Å²) in [7, 11) is -3.55. The van der Waals surface area contributed by atoms with Crippen LogP contribution in [0.5, 0.6) is 0 Å². The minimum atomic E-state index is -3.55. The fourth-order valence-electron chi connectivity index (χ4n) is 7.48. The first kappa shape index (κ1) is 30.8. The van der Waals surface area contributed by atoms with Gasteiger partial charge >= 0.3 is 0 Å². The summed E-state index contributed by atoms with van der Waals surface area (Å²) in [6, 6.07) is 3.60. The van der Waals surface area contributed by atoms with Crippen LogP contribution in [0.1, 0.15) is 95.0 Å². The molecule has 2 saturated heterocycles. The summed E-state index contributed by atoms with van der Waals surface area (Å²) >= 11 is 0. The smallest absolute Gasteiger partial charge is 0.251 e. The molecule has 3 atom stereocenters. The average molecular weight is 576 g/mol. The molecule has 3 aliphatic rings. The number of carbonyl (C=O) groups is 2. The molecule has 1 aliphatic carbocycles. The van der Waals surface area contributed by atoms with Crippen molar-refractivity contribution in [2.24, 2.45) is 17.3 Å². The summed E-state index contributed by atoms with van der Waals surface area (Å²) in [6.07, 6.45) is 7.97. The van der Waals surface area contributed by atoms with Crippen LogP contribution < -0.4 is 15.5 Å². The second-order valence-electron chi connectivity index (χ2n) is 12.2. The van der Waals surface area contributed by atoms with Gasteiger partial charge < -0.3 is 20.3 Å². The third kappa shape index (κ3) is 6.06. The Bertz CT molecular complexity index is 1170. The van der Waals surface area contributed by atoms with E-state index in [1.807, 2.05) is 13.8 Å². The Morgan fingerprint density at radius 1 is 1.10 bits per heavy atom. The molecule has 3 unspecified atom stereocenters. The van der Waals surface area contributed by atoms with Gasteiger partial charge in [0.1, 0.15) is 0 Å². The minimum Gasteiger partial charge on any atom is -0.381 e. The van der Waals surface area contributed by atoms with E-state index in [4.69, 9.17) is 4.74 Å². The molecule has 3 fully saturated rings. The predicted molar refractivity (Wildman–Crippen MR) is 158 cm³/mol. The van der Waals surface area contributed by atoms with Crippen LogP contribution >= 0.6 is 0 Å². The summed E-state index contributed by atoms with van der Waals surface area (Å²) in [5, 5.41) is 6.34. The number of piperidine rings is 1. The number of rotatable bonds is 9. The zero-order valence-electron chi connectivity index (χ0n) is 25.1. The van der Waals surface area contributed by atoms with Crippen LogP contribution in [0.4, 0.5) is 5.69 Å². The molecule has 9 heteroatoms. The number of anilines is 1. The average Bonchev–Trinajstić information content (AvgIpc) is 2.95. The van der Waals surface area contributed by atoms with Crippen molar-refractivity contribution in [3.8, 4) is 0 Å². The highest BCUT2D eigenvalue weighted by Crippen LogP contribution is 2.47. The van der Waals surface area contributed by atoms with E-state index in [9.17, 15) is 18.0 Å². The summed E-state index contributed by atoms with van der Waals surface area (Å²) in [5.74, 6) is 0.0376. The van der Waals surface area contributed by atoms with Crippen LogP contribution in [0, 0.1) is 24.2 Å². The number of ether oxygens (including phenoxy) is 1. The number of nitrogens with one attached hydrogen (secondary N) is 2. The van der Waals surface area contributed by atoms with Crippen LogP contribution in [0.2, 0.25) is 0 Å². The maximum Gasteiger partial charge on any atom is 0.251 e. The second kappa shape index (κ2) is 12.8. The quantitative estimate of drug-likeness (QED) is 0.445. The lowest BCUT2D eigenvalue weighted by atomic mass is 9.59. The van der Waals surface area contributed by atoms with Gasteiger partial charge in [0.2, 0.25) is 5.91 Å². The molecule has 2 N–H and O–H groups in total. The molecule has 1 aromatic carbocycles. The van der Waals surface area contributed by atoms with Crippen molar-refractivity contribution in [3.05, 3.63) is 23.3 Å². The first-order chi connectivity index (χ1) is 19.0. The molecule has 4 rings (SSSR count). The molecule has 1 saturated carbocycles. The Hall–Kier alpha value is -2.13. The molecule has 224 valence electrons. The molecule has 8 nitrogen and oxygen atoms in total. The Labute approximate surface area is 240 Å². The van der Waals surface area contributed by atoms with Crippen molar-refractivity contribution in [2.45, 2.75) is 103 Å². The Morgan fingerprint density at radius 2 is 1.77 bits per heavy atom. The monoisotopic (exact) mass is 575 g/mol. The van der Waals surface area contributed by atoms with Gasteiger partial charge in [0.15, 0.2) is 9.84 Å². The minimum absolute atomic E-state index is 0.0411. The largest absolute Gasteiger partial charge is 0.381 e. The topological polar surface area (TPSA) is 105 Å². The summed E-state index contributed by atoms with van der Waals surface area (Å²) in [6.45, 7) is 12.1. The number of carbonyl (C=O) groups excluding carboxylic acids is 2. The zero-order valence-corrected chi connectivity index (χ0v) is 25.9. The van der Waals surface area contributed by atoms with Gasteiger partial charge in [-0.2, -0.15) is 0 Å². The van der Waals surface area contributed by atoms with Gasteiger partial charge in [-0.15, -0.1) is 0 Å². The maximum atomic E-state index is 13.9. The molecule has 0 bridgehead atoms. The van der Waals surface area contributed by atoms with Crippen LogP contribution in [0.3, 0.4) is 0 Å². The Kier molecular flexibility index (Phi) is 9.87. The first-order valence-electron chi connectivity index (χ1n) is 15.4. The highest BCUT2D eigenvalue weighted by atomic mass is 32.2. The van der Waals surface area contributed by atoms with Gasteiger partial charge in [-0.3, -0.25) is 9.59 Å². The van der Waals surface area contributed by atoms with Crippen molar-refractivity contribution < 1.29 is 22.7 Å². The van der Waals surface area contributed by atoms with Crippen molar-refractivity contribution in [1.29, 1.82) is 0 Å². The summed E-state index contributed by atoms with van der Waals surface area (Å²) in [4.78, 5) is 30.0. The van der Waals surface area contributed by atoms with E-state index in [1.165, 1.54) is 12.5 Å². The van der Waals surface area contributed by atoms with E-state index in [2.05, 4.69) is 29.4 Å². The molecule has 1 aromatic rings. The van der Waals surface area contributed by atoms with Crippen molar-refractivity contribution >= 4 is 27.3 Å². The fraction of sp³-hybridized carbons (Fsp3) is 0.742. The van der Waals surface area contributed by atoms with E-state index in [0.29, 0.717) is 25.3 Å². The van der Waals surface area contributed by atoms with Crippen molar-refractivity contribution in [2.75, 3.05) is 37.0 Å². The molecule has 0 aromatic heterocycles. The van der Waals surface area contributed by atoms with Gasteiger partial charge in [0, 0.05) is 49.6 Å². The second-order valence-corrected chi connectivity index (χ2v) is 14.5. The van der Waals surface area contributed by atoms with Crippen LogP contribution in [0.15, 0.2) is 17.0 Å². The number of nitrogens with zero attached hydrogens (tertiary/aromatic N) is 1. The molecule has 40 heavy (non-hydrogen) atoms. The first-order valence-corrected chi connectivity index (χ1v) is 17.0. The Morgan fingerprint density at radius 3 is 2.38 bits per heavy atom. The molecule has 0 spiro atoms. The highest BCUT2D eigenvalue weighted by Gasteiger charge is 2.52. The van der Waals surface area contributed by atoms with Crippen LogP contribution in [0.25, 0.3) is 0 Å². The van der Waals surface area contributed by atoms with Gasteiger partial charge in [-0.1, -0.05) is 33.1 Å². The van der Waals surface area contributed by atoms with Gasteiger partial charge in [0.25, 0.3) is 5.91 Å². The fourth-order valence-corrected chi connectivity index (χ4v) is 8.41. The Balaban J connectivity index is 1.70. The standard InChI is InChI=1S/C31H49N3O5S/c1-6-34(25-13-15-39-16-14-25)28-19-26(40(37,38)7-2)18-27(23(28)5)29(35)32-20-31(24-11-9-8-10-12-24)21(3)17-22(4)33-30(31)36/h18-19,21-22,24-25H,6-17,20H2,1-5H3,(H,32,35)(H,33,36). The molecular weight excluding hydrogens is 526 g/mol. The predicted octanol–water partition coefficient (Wildman–Crippen LogP) is 4.63. The number of hydrogen-bond donors (Lipinski definition) is 2. The van der Waals surface area contributed by atoms with Crippen molar-refractivity contribution in [1.82, 2.24) is 10.6 Å². The van der Waals surface area contributed by atoms with Crippen LogP contribution in [-0.4, -0.2) is 64.4 Å². The summed E-state index contributed by atoms with van der Waals surface area (Å²) < 4.78 is 31.7. The summed E-state index contributed by atoms with van der Waals surface area (Å²) in [5.41, 5.74) is 1.26. The van der Waals surface area contributed by atoms with Gasteiger partial charge in [-0.25, -0.2) is 8.42 Å². The van der Waals surface area contributed by atoms with E-state index in [1.54, 1.807) is 13.0 Å². The number of amides is 2. The molecule has 0 radical (unpaired) electrons. The lowest BCUT2D eigenvalue weighted by Crippen LogP contribution is -2.62. The van der Waals surface area contributed by atoms with Crippen molar-refractivity contribution in [3.63, 3.8) is 0 Å². The maximum absolute atomic E-state index is 13.9. The lowest BCUT2D eigenvalue weighted by Gasteiger charge is -2.49. The van der Waals surface area contributed by atoms with Gasteiger partial charge in [0.05, 0.1) is 16.1 Å². The van der Waals surface area contributed by atoms with E-state index >= 15 is 0 Å². The molecule has 2 aliphatic heterocycles. The normalized spacial score (nSPS) is 26.8. The highest BCUT2D eigenvalue weighted by molar-refractivity contribution is 7.91. The third-order valence-corrected chi connectivity index (χ3v) is 11.6. The molecule has 2 amide bonds. The zero-order chi connectivity index (χ0) is 29.1. The van der Waals surface area contributed by atoms with E-state index in [0.717, 1.165) is 56.2 Å². The number of hydrogen-bond acceptors (Lipinski definition) is 6. The number of sulfone groups is 1. The van der Waals surface area contributed by atoms with Crippen LogP contribution in [-0.2, 0) is 19.4 Å². The lowest BCUT2D eigenvalue weighted by molar-refractivity contribution is -0.144. The van der Waals surface area contributed by atoms with E-state index in [-0.39, 0.29) is 52.9 Å². The van der Waals surface area contributed by atoms with E-state index < -0.39 is 15.3 Å². The number of benzene rings is 1. The molecular formula is C31H49N3O5S.